The van der Waals surface area contributed by atoms with Gasteiger partial charge in [0, 0.05) is 17.8 Å². The Kier molecular flexibility index (Phi) is 6.87. The van der Waals surface area contributed by atoms with E-state index in [-0.39, 0.29) is 31.1 Å². The van der Waals surface area contributed by atoms with Crippen LogP contribution in [0.25, 0.3) is 0 Å². The number of fused-ring (bicyclic) bond motifs is 2. The summed E-state index contributed by atoms with van der Waals surface area (Å²) in [5.74, 6) is 1.36. The number of aromatic hydroxyl groups is 1. The van der Waals surface area contributed by atoms with E-state index < -0.39 is 18.1 Å². The van der Waals surface area contributed by atoms with Crippen LogP contribution in [0.1, 0.15) is 43.7 Å². The van der Waals surface area contributed by atoms with Crippen LogP contribution in [-0.4, -0.2) is 42.5 Å². The number of para-hydroxylation sites is 2. The Morgan fingerprint density at radius 3 is 2.36 bits per heavy atom. The summed E-state index contributed by atoms with van der Waals surface area (Å²) in [5.41, 5.74) is 0.993. The summed E-state index contributed by atoms with van der Waals surface area (Å²) in [6.45, 7) is 0.0656. The predicted molar refractivity (Wildman–Crippen MR) is 142 cm³/mol. The van der Waals surface area contributed by atoms with E-state index in [2.05, 4.69) is 5.32 Å². The molecule has 2 atom stereocenters. The lowest BCUT2D eigenvalue weighted by Crippen LogP contribution is -2.52. The summed E-state index contributed by atoms with van der Waals surface area (Å²) in [7, 11) is 0. The smallest absolute Gasteiger partial charge is 0.272 e. The molecule has 0 spiro atoms. The molecule has 9 nitrogen and oxygen atoms in total. The van der Waals surface area contributed by atoms with Gasteiger partial charge >= 0.3 is 0 Å². The molecular formula is C30H30N2O7. The van der Waals surface area contributed by atoms with Crippen LogP contribution in [0.5, 0.6) is 28.7 Å². The van der Waals surface area contributed by atoms with Gasteiger partial charge in [-0.2, -0.15) is 0 Å². The normalized spacial score (nSPS) is 18.7. The van der Waals surface area contributed by atoms with Crippen LogP contribution in [0.15, 0.2) is 66.7 Å². The number of amides is 2. The summed E-state index contributed by atoms with van der Waals surface area (Å²) in [6, 6.07) is 17.6. The number of anilines is 1. The minimum absolute atomic E-state index is 0.0105. The lowest BCUT2D eigenvalue weighted by Gasteiger charge is -2.36. The van der Waals surface area contributed by atoms with Crippen molar-refractivity contribution in [2.45, 2.75) is 50.3 Å². The van der Waals surface area contributed by atoms with Crippen molar-refractivity contribution in [2.75, 3.05) is 18.3 Å². The maximum atomic E-state index is 14.3. The van der Waals surface area contributed by atoms with E-state index in [1.54, 1.807) is 42.5 Å². The lowest BCUT2D eigenvalue weighted by atomic mass is 9.94. The molecule has 1 saturated carbocycles. The van der Waals surface area contributed by atoms with Crippen molar-refractivity contribution in [3.05, 3.63) is 72.3 Å². The Morgan fingerprint density at radius 2 is 1.56 bits per heavy atom. The van der Waals surface area contributed by atoms with E-state index in [1.165, 1.54) is 17.0 Å². The molecule has 0 unspecified atom stereocenters. The van der Waals surface area contributed by atoms with Crippen molar-refractivity contribution in [2.24, 2.45) is 0 Å². The highest BCUT2D eigenvalue weighted by atomic mass is 16.7. The monoisotopic (exact) mass is 530 g/mol. The van der Waals surface area contributed by atoms with Crippen molar-refractivity contribution in [3.8, 4) is 28.7 Å². The van der Waals surface area contributed by atoms with E-state index in [9.17, 15) is 14.7 Å². The summed E-state index contributed by atoms with van der Waals surface area (Å²) in [4.78, 5) is 29.8. The van der Waals surface area contributed by atoms with Crippen molar-refractivity contribution in [1.29, 1.82) is 0 Å². The van der Waals surface area contributed by atoms with Gasteiger partial charge in [0.1, 0.15) is 18.4 Å². The average Bonchev–Trinajstić information content (AvgIpc) is 3.44. The number of hydrogen-bond donors (Lipinski definition) is 2. The van der Waals surface area contributed by atoms with Gasteiger partial charge in [0.25, 0.3) is 5.91 Å². The Bertz CT molecular complexity index is 1350. The van der Waals surface area contributed by atoms with Crippen LogP contribution in [0, 0.1) is 0 Å². The number of carbonyl (C=O) groups is 2. The van der Waals surface area contributed by atoms with Crippen LogP contribution in [-0.2, 0) is 9.59 Å². The highest BCUT2D eigenvalue weighted by molar-refractivity contribution is 6.04. The second kappa shape index (κ2) is 10.8. The Labute approximate surface area is 226 Å². The molecule has 2 N–H and O–H groups in total. The first-order chi connectivity index (χ1) is 19.1. The minimum atomic E-state index is -1.04. The first-order valence-corrected chi connectivity index (χ1v) is 13.3. The van der Waals surface area contributed by atoms with Crippen molar-refractivity contribution in [3.63, 3.8) is 0 Å². The minimum Gasteiger partial charge on any atom is -0.508 e. The average molecular weight is 531 g/mol. The summed E-state index contributed by atoms with van der Waals surface area (Å²) in [6.07, 6.45) is 4.03. The van der Waals surface area contributed by atoms with Crippen molar-refractivity contribution in [1.82, 2.24) is 5.32 Å². The molecule has 1 aliphatic carbocycles. The standard InChI is InChI=1S/C30H30N2O7/c33-22-13-10-19(11-14-22)28(29(34)31-20-6-2-1-3-7-20)32(21-12-15-24-26(16-21)38-18-37-24)30(35)27-17-36-23-8-4-5-9-25(23)39-27/h4-5,8-16,20,27-28,33H,1-3,6-7,17-18H2,(H,31,34)/t27-,28+/m0/s1. The van der Waals surface area contributed by atoms with Gasteiger partial charge in [0.2, 0.25) is 18.8 Å². The molecule has 1 fully saturated rings. The van der Waals surface area contributed by atoms with Gasteiger partial charge in [-0.1, -0.05) is 43.5 Å². The molecule has 0 saturated heterocycles. The number of ether oxygens (including phenoxy) is 4. The first kappa shape index (κ1) is 24.9. The van der Waals surface area contributed by atoms with E-state index in [1.807, 2.05) is 12.1 Å². The van der Waals surface area contributed by atoms with Crippen LogP contribution >= 0.6 is 0 Å². The van der Waals surface area contributed by atoms with Crippen molar-refractivity contribution >= 4 is 17.5 Å². The van der Waals surface area contributed by atoms with Gasteiger partial charge in [-0.15, -0.1) is 0 Å². The third-order valence-electron chi connectivity index (χ3n) is 7.32. The van der Waals surface area contributed by atoms with Crippen molar-refractivity contribution < 1.29 is 33.6 Å². The van der Waals surface area contributed by atoms with E-state index in [4.69, 9.17) is 18.9 Å². The third-order valence-corrected chi connectivity index (χ3v) is 7.32. The number of hydrogen-bond acceptors (Lipinski definition) is 7. The second-order valence-electron chi connectivity index (χ2n) is 9.95. The Hall–Kier alpha value is -4.40. The summed E-state index contributed by atoms with van der Waals surface area (Å²) in [5, 5.41) is 13.1. The highest BCUT2D eigenvalue weighted by Crippen LogP contribution is 2.40. The zero-order valence-electron chi connectivity index (χ0n) is 21.4. The molecule has 202 valence electrons. The number of rotatable bonds is 6. The second-order valence-corrected chi connectivity index (χ2v) is 9.95. The molecule has 6 rings (SSSR count). The molecule has 0 bridgehead atoms. The SMILES string of the molecule is O=C(NC1CCCCC1)[C@@H](c1ccc(O)cc1)N(C(=O)[C@@H]1COc2ccccc2O1)c1ccc2c(c1)OCO2. The fourth-order valence-corrected chi connectivity index (χ4v) is 5.34. The molecular weight excluding hydrogens is 500 g/mol. The number of carbonyl (C=O) groups excluding carboxylic acids is 2. The lowest BCUT2D eigenvalue weighted by molar-refractivity contribution is -0.132. The fourth-order valence-electron chi connectivity index (χ4n) is 5.34. The maximum absolute atomic E-state index is 14.3. The molecule has 2 aliphatic heterocycles. The number of nitrogens with zero attached hydrogens (tertiary/aromatic N) is 1. The first-order valence-electron chi connectivity index (χ1n) is 13.3. The molecule has 39 heavy (non-hydrogen) atoms. The zero-order chi connectivity index (χ0) is 26.8. The number of phenols is 1. The molecule has 3 aliphatic rings. The Morgan fingerprint density at radius 1 is 0.846 bits per heavy atom. The van der Waals surface area contributed by atoms with E-state index in [0.29, 0.717) is 34.2 Å². The molecule has 0 radical (unpaired) electrons. The predicted octanol–water partition coefficient (Wildman–Crippen LogP) is 4.48. The molecule has 9 heteroatoms. The van der Waals surface area contributed by atoms with E-state index in [0.717, 1.165) is 32.1 Å². The number of benzene rings is 3. The molecule has 2 amide bonds. The fraction of sp³-hybridized carbons (Fsp3) is 0.333. The van der Waals surface area contributed by atoms with Crippen LogP contribution in [0.4, 0.5) is 5.69 Å². The molecule has 3 aromatic rings. The Balaban J connectivity index is 1.41. The van der Waals surface area contributed by atoms with Gasteiger partial charge in [-0.3, -0.25) is 14.5 Å². The quantitative estimate of drug-likeness (QED) is 0.484. The summed E-state index contributed by atoms with van der Waals surface area (Å²) >= 11 is 0. The van der Waals surface area contributed by atoms with E-state index >= 15 is 0 Å². The van der Waals surface area contributed by atoms with Gasteiger partial charge in [-0.05, 0) is 54.8 Å². The van der Waals surface area contributed by atoms with Crippen LogP contribution < -0.4 is 29.2 Å². The van der Waals surface area contributed by atoms with Gasteiger partial charge in [0.15, 0.2) is 23.0 Å². The van der Waals surface area contributed by atoms with Gasteiger partial charge in [-0.25, -0.2) is 0 Å². The highest BCUT2D eigenvalue weighted by Gasteiger charge is 2.40. The van der Waals surface area contributed by atoms with Crippen LogP contribution in [0.2, 0.25) is 0 Å². The maximum Gasteiger partial charge on any atom is 0.272 e. The zero-order valence-corrected chi connectivity index (χ0v) is 21.4. The topological polar surface area (TPSA) is 107 Å². The molecule has 3 aromatic carbocycles. The number of phenolic OH excluding ortho intramolecular Hbond substituents is 1. The van der Waals surface area contributed by atoms with Gasteiger partial charge < -0.3 is 29.4 Å². The summed E-state index contributed by atoms with van der Waals surface area (Å²) < 4.78 is 23.0. The molecule has 0 aromatic heterocycles. The largest absolute Gasteiger partial charge is 0.508 e. The van der Waals surface area contributed by atoms with Gasteiger partial charge in [0.05, 0.1) is 0 Å². The molecule has 2 heterocycles. The third kappa shape index (κ3) is 5.16. The number of nitrogens with one attached hydrogen (secondary N) is 1. The van der Waals surface area contributed by atoms with Crippen LogP contribution in [0.3, 0.4) is 0 Å².